The van der Waals surface area contributed by atoms with Gasteiger partial charge in [-0.25, -0.2) is 0 Å². The van der Waals surface area contributed by atoms with Crippen LogP contribution < -0.4 is 0 Å². The Kier molecular flexibility index (Phi) is 68.5. The van der Waals surface area contributed by atoms with E-state index in [9.17, 15) is 14.4 Å². The Balaban J connectivity index is 4.16. The van der Waals surface area contributed by atoms with Gasteiger partial charge >= 0.3 is 17.9 Å². The van der Waals surface area contributed by atoms with Crippen LogP contribution in [0.5, 0.6) is 0 Å². The largest absolute Gasteiger partial charge is 0.462 e. The molecule has 0 spiro atoms. The highest BCUT2D eigenvalue weighted by Crippen LogP contribution is 2.19. The second-order valence-electron chi connectivity index (χ2n) is 25.2. The fraction of sp³-hybridized carbons (Fsp3) is 0.907. The number of rotatable bonds is 69. The van der Waals surface area contributed by atoms with E-state index in [1.54, 1.807) is 0 Å². The third-order valence-electron chi connectivity index (χ3n) is 16.9. The van der Waals surface area contributed by atoms with Crippen molar-refractivity contribution in [2.45, 2.75) is 425 Å². The Hall–Kier alpha value is -2.11. The predicted molar refractivity (Wildman–Crippen MR) is 353 cm³/mol. The first-order valence-corrected chi connectivity index (χ1v) is 36.8. The lowest BCUT2D eigenvalue weighted by molar-refractivity contribution is -0.167. The van der Waals surface area contributed by atoms with Crippen molar-refractivity contribution in [2.24, 2.45) is 0 Å². The molecule has 6 heteroatoms. The highest BCUT2D eigenvalue weighted by molar-refractivity contribution is 5.71. The lowest BCUT2D eigenvalue weighted by Gasteiger charge is -2.18. The van der Waals surface area contributed by atoms with Gasteiger partial charge in [-0.3, -0.25) is 14.4 Å². The maximum atomic E-state index is 13.0. The van der Waals surface area contributed by atoms with E-state index in [1.807, 2.05) is 0 Å². The SMILES string of the molecule is CCC/C=C\C/C=C\CCCCCCCC(=O)OCC(COC(=O)CCCCCCCCCCCCCCCCCCCCCCCCCCCCCCC)OC(=O)CCCCCCCCCCCCCCCCCCCCCCC. The summed E-state index contributed by atoms with van der Waals surface area (Å²) in [4.78, 5) is 38.4. The molecule has 0 amide bonds. The van der Waals surface area contributed by atoms with Gasteiger partial charge in [-0.2, -0.15) is 0 Å². The van der Waals surface area contributed by atoms with Crippen LogP contribution in [0.4, 0.5) is 0 Å². The number of allylic oxidation sites excluding steroid dienone is 4. The van der Waals surface area contributed by atoms with Gasteiger partial charge in [-0.15, -0.1) is 0 Å². The van der Waals surface area contributed by atoms with Gasteiger partial charge in [0.05, 0.1) is 0 Å². The fourth-order valence-electron chi connectivity index (χ4n) is 11.4. The van der Waals surface area contributed by atoms with Crippen molar-refractivity contribution in [3.05, 3.63) is 24.3 Å². The third-order valence-corrected chi connectivity index (χ3v) is 16.9. The van der Waals surface area contributed by atoms with Crippen molar-refractivity contribution in [1.29, 1.82) is 0 Å². The zero-order valence-electron chi connectivity index (χ0n) is 55.1. The van der Waals surface area contributed by atoms with Crippen LogP contribution in [0.15, 0.2) is 24.3 Å². The van der Waals surface area contributed by atoms with Crippen molar-refractivity contribution < 1.29 is 28.6 Å². The van der Waals surface area contributed by atoms with E-state index >= 15 is 0 Å². The molecule has 0 aliphatic heterocycles. The molecule has 0 aromatic heterocycles. The van der Waals surface area contributed by atoms with Crippen LogP contribution in [0.3, 0.4) is 0 Å². The van der Waals surface area contributed by atoms with Gasteiger partial charge < -0.3 is 14.2 Å². The van der Waals surface area contributed by atoms with Crippen molar-refractivity contribution in [3.8, 4) is 0 Å². The van der Waals surface area contributed by atoms with Gasteiger partial charge in [0.2, 0.25) is 0 Å². The number of ether oxygens (including phenoxy) is 3. The molecule has 0 N–H and O–H groups in total. The van der Waals surface area contributed by atoms with E-state index in [2.05, 4.69) is 45.1 Å². The molecular formula is C75H142O6. The van der Waals surface area contributed by atoms with Gasteiger partial charge in [-0.1, -0.05) is 379 Å². The van der Waals surface area contributed by atoms with E-state index in [1.165, 1.54) is 295 Å². The number of hydrogen-bond donors (Lipinski definition) is 0. The fourth-order valence-corrected chi connectivity index (χ4v) is 11.4. The number of esters is 3. The van der Waals surface area contributed by atoms with Crippen molar-refractivity contribution >= 4 is 17.9 Å². The van der Waals surface area contributed by atoms with Crippen LogP contribution in [0.2, 0.25) is 0 Å². The number of carbonyl (C=O) groups excluding carboxylic acids is 3. The normalized spacial score (nSPS) is 12.1. The van der Waals surface area contributed by atoms with Crippen molar-refractivity contribution in [3.63, 3.8) is 0 Å². The molecular weight excluding hydrogens is 997 g/mol. The first kappa shape index (κ1) is 78.9. The summed E-state index contributed by atoms with van der Waals surface area (Å²) in [5, 5.41) is 0. The topological polar surface area (TPSA) is 78.9 Å². The molecule has 0 rings (SSSR count). The maximum Gasteiger partial charge on any atom is 0.306 e. The summed E-state index contributed by atoms with van der Waals surface area (Å²) in [6, 6.07) is 0. The van der Waals surface area contributed by atoms with E-state index in [0.717, 1.165) is 83.5 Å². The molecule has 1 atom stereocenters. The Morgan fingerprint density at radius 2 is 0.469 bits per heavy atom. The average molecular weight is 1140 g/mol. The quantitative estimate of drug-likeness (QED) is 0.0261. The molecule has 0 radical (unpaired) electrons. The van der Waals surface area contributed by atoms with E-state index in [4.69, 9.17) is 14.2 Å². The minimum Gasteiger partial charge on any atom is -0.462 e. The summed E-state index contributed by atoms with van der Waals surface area (Å²) in [5.74, 6) is -0.850. The smallest absolute Gasteiger partial charge is 0.306 e. The second kappa shape index (κ2) is 70.4. The molecule has 0 aromatic carbocycles. The molecule has 0 bridgehead atoms. The Morgan fingerprint density at radius 3 is 0.728 bits per heavy atom. The average Bonchev–Trinajstić information content (AvgIpc) is 3.46. The van der Waals surface area contributed by atoms with Gasteiger partial charge in [-0.05, 0) is 44.9 Å². The van der Waals surface area contributed by atoms with Crippen LogP contribution in [0, 0.1) is 0 Å². The Bertz CT molecular complexity index is 1310. The highest BCUT2D eigenvalue weighted by Gasteiger charge is 2.20. The number of unbranched alkanes of at least 4 members (excludes halogenated alkanes) is 54. The lowest BCUT2D eigenvalue weighted by Crippen LogP contribution is -2.30. The van der Waals surface area contributed by atoms with Crippen LogP contribution in [0.1, 0.15) is 419 Å². The lowest BCUT2D eigenvalue weighted by atomic mass is 10.0. The van der Waals surface area contributed by atoms with Gasteiger partial charge in [0, 0.05) is 19.3 Å². The van der Waals surface area contributed by atoms with Crippen LogP contribution in [-0.2, 0) is 28.6 Å². The maximum absolute atomic E-state index is 13.0. The zero-order valence-corrected chi connectivity index (χ0v) is 55.1. The molecule has 0 saturated carbocycles. The Labute approximate surface area is 506 Å². The van der Waals surface area contributed by atoms with Crippen molar-refractivity contribution in [2.75, 3.05) is 13.2 Å². The Morgan fingerprint density at radius 1 is 0.247 bits per heavy atom. The number of hydrogen-bond acceptors (Lipinski definition) is 6. The third kappa shape index (κ3) is 68.6. The molecule has 0 heterocycles. The molecule has 6 nitrogen and oxygen atoms in total. The minimum absolute atomic E-state index is 0.0692. The molecule has 1 unspecified atom stereocenters. The molecule has 0 saturated heterocycles. The van der Waals surface area contributed by atoms with E-state index < -0.39 is 6.10 Å². The summed E-state index contributed by atoms with van der Waals surface area (Å²) in [5.41, 5.74) is 0. The molecule has 478 valence electrons. The van der Waals surface area contributed by atoms with Gasteiger partial charge in [0.25, 0.3) is 0 Å². The predicted octanol–water partition coefficient (Wildman–Crippen LogP) is 25.3. The second-order valence-corrected chi connectivity index (χ2v) is 25.2. The summed E-state index contributed by atoms with van der Waals surface area (Å²) >= 11 is 0. The first-order chi connectivity index (χ1) is 40.0. The van der Waals surface area contributed by atoms with Crippen molar-refractivity contribution in [1.82, 2.24) is 0 Å². The molecule has 0 aliphatic rings. The standard InChI is InChI=1S/C75H142O6/c1-4-7-10-13-16-19-22-25-27-29-31-33-34-35-36-37-38-39-40-42-43-45-47-50-53-56-59-62-65-68-74(77)80-71-72(70-79-73(76)67-64-61-58-55-52-49-24-21-18-15-12-9-6-3)81-75(78)69-66-63-60-57-54-51-48-46-44-41-32-30-28-26-23-20-17-14-11-8-5-2/h12,15,21,24,72H,4-11,13-14,16-20,22-23,25-71H2,1-3H3/b15-12-,24-21-. The van der Waals surface area contributed by atoms with E-state index in [-0.39, 0.29) is 31.1 Å². The van der Waals surface area contributed by atoms with Gasteiger partial charge in [0.15, 0.2) is 6.10 Å². The summed E-state index contributed by atoms with van der Waals surface area (Å²) < 4.78 is 17.0. The molecule has 0 fully saturated rings. The monoisotopic (exact) mass is 1140 g/mol. The molecule has 81 heavy (non-hydrogen) atoms. The minimum atomic E-state index is -0.774. The summed E-state index contributed by atoms with van der Waals surface area (Å²) in [6.45, 7) is 6.66. The summed E-state index contributed by atoms with van der Waals surface area (Å²) in [7, 11) is 0. The van der Waals surface area contributed by atoms with Crippen LogP contribution in [0.25, 0.3) is 0 Å². The van der Waals surface area contributed by atoms with E-state index in [0.29, 0.717) is 19.3 Å². The first-order valence-electron chi connectivity index (χ1n) is 36.8. The zero-order chi connectivity index (χ0) is 58.5. The molecule has 0 aliphatic carbocycles. The summed E-state index contributed by atoms with van der Waals surface area (Å²) in [6.07, 6.45) is 86.6. The van der Waals surface area contributed by atoms with Crippen LogP contribution in [-0.4, -0.2) is 37.2 Å². The highest BCUT2D eigenvalue weighted by atomic mass is 16.6. The van der Waals surface area contributed by atoms with Crippen LogP contribution >= 0.6 is 0 Å². The van der Waals surface area contributed by atoms with Gasteiger partial charge in [0.1, 0.15) is 13.2 Å². The number of carbonyl (C=O) groups is 3. The molecule has 0 aromatic rings.